The van der Waals surface area contributed by atoms with Gasteiger partial charge < -0.3 is 18.9 Å². The Balaban J connectivity index is 1.68. The quantitative estimate of drug-likeness (QED) is 0.571. The monoisotopic (exact) mass is 419 g/mol. The summed E-state index contributed by atoms with van der Waals surface area (Å²) in [6.45, 7) is 4.06. The molecule has 1 aliphatic heterocycles. The van der Waals surface area contributed by atoms with Crippen molar-refractivity contribution >= 4 is 33.3 Å². The molecule has 1 aliphatic rings. The highest BCUT2D eigenvalue weighted by atomic mass is 32.1. The van der Waals surface area contributed by atoms with Gasteiger partial charge >= 0.3 is 0 Å². The van der Waals surface area contributed by atoms with Crippen LogP contribution < -0.4 is 19.5 Å². The number of hydrogen-bond acceptors (Lipinski definition) is 9. The first kappa shape index (κ1) is 19.4. The molecular formula is C18H21N5O5S. The molecule has 4 rings (SSSR count). The van der Waals surface area contributed by atoms with Crippen LogP contribution in [0.15, 0.2) is 12.1 Å². The Morgan fingerprint density at radius 1 is 1.31 bits per heavy atom. The number of nitrogens with one attached hydrogen (secondary N) is 2. The van der Waals surface area contributed by atoms with E-state index in [4.69, 9.17) is 18.9 Å². The van der Waals surface area contributed by atoms with Crippen LogP contribution in [-0.2, 0) is 4.74 Å². The first-order chi connectivity index (χ1) is 14.0. The highest BCUT2D eigenvalue weighted by Crippen LogP contribution is 2.44. The number of amides is 1. The SMILES string of the molecule is COc1cc2sc(C(=O)Nc3nn[nH]n3)c(OCCC3(C)COC3)c2cc1OC. The number of anilines is 1. The van der Waals surface area contributed by atoms with Gasteiger partial charge in [-0.1, -0.05) is 12.0 Å². The van der Waals surface area contributed by atoms with E-state index in [1.165, 1.54) is 11.3 Å². The van der Waals surface area contributed by atoms with Gasteiger partial charge in [0.2, 0.25) is 0 Å². The average molecular weight is 419 g/mol. The number of carbonyl (C=O) groups excluding carboxylic acids is 1. The van der Waals surface area contributed by atoms with Crippen molar-refractivity contribution in [3.05, 3.63) is 17.0 Å². The normalized spacial score (nSPS) is 15.0. The molecule has 0 radical (unpaired) electrons. The Hall–Kier alpha value is -2.92. The minimum Gasteiger partial charge on any atom is -0.493 e. The summed E-state index contributed by atoms with van der Waals surface area (Å²) in [6.07, 6.45) is 0.823. The predicted molar refractivity (Wildman–Crippen MR) is 106 cm³/mol. The van der Waals surface area contributed by atoms with E-state index in [0.29, 0.717) is 28.7 Å². The van der Waals surface area contributed by atoms with Gasteiger partial charge in [0.1, 0.15) is 4.88 Å². The zero-order valence-electron chi connectivity index (χ0n) is 16.3. The topological polar surface area (TPSA) is 120 Å². The van der Waals surface area contributed by atoms with Crippen molar-refractivity contribution in [1.82, 2.24) is 20.6 Å². The van der Waals surface area contributed by atoms with E-state index in [2.05, 4.69) is 32.9 Å². The number of aromatic amines is 1. The second-order valence-electron chi connectivity index (χ2n) is 7.06. The standard InChI is InChI=1S/C18H21N5O5S/c1-18(8-27-9-18)4-5-28-14-10-6-11(25-2)12(26-3)7-13(10)29-15(14)16(24)19-17-20-22-23-21-17/h6-7H,4-5,8-9H2,1-3H3,(H2,19,20,21,22,23,24). The van der Waals surface area contributed by atoms with Crippen molar-refractivity contribution in [3.8, 4) is 17.2 Å². The number of rotatable bonds is 8. The Morgan fingerprint density at radius 2 is 2.07 bits per heavy atom. The van der Waals surface area contributed by atoms with E-state index in [1.54, 1.807) is 14.2 Å². The molecular weight excluding hydrogens is 398 g/mol. The molecule has 0 saturated carbocycles. The minimum atomic E-state index is -0.376. The van der Waals surface area contributed by atoms with Crippen LogP contribution in [0.2, 0.25) is 0 Å². The molecule has 2 N–H and O–H groups in total. The lowest BCUT2D eigenvalue weighted by atomic mass is 9.85. The summed E-state index contributed by atoms with van der Waals surface area (Å²) in [5.74, 6) is 1.35. The van der Waals surface area contributed by atoms with Crippen LogP contribution >= 0.6 is 11.3 Å². The lowest BCUT2D eigenvalue weighted by molar-refractivity contribution is -0.109. The molecule has 1 amide bonds. The molecule has 0 spiro atoms. The maximum absolute atomic E-state index is 12.9. The Kier molecular flexibility index (Phi) is 5.24. The van der Waals surface area contributed by atoms with Crippen LogP contribution in [0.4, 0.5) is 5.95 Å². The number of ether oxygens (including phenoxy) is 4. The Labute approximate surface area is 170 Å². The summed E-state index contributed by atoms with van der Waals surface area (Å²) in [4.78, 5) is 13.3. The summed E-state index contributed by atoms with van der Waals surface area (Å²) in [5.41, 5.74) is 0.111. The zero-order valence-corrected chi connectivity index (χ0v) is 17.1. The number of tetrazole rings is 1. The number of benzene rings is 1. The van der Waals surface area contributed by atoms with Gasteiger partial charge in [0.25, 0.3) is 11.9 Å². The Morgan fingerprint density at radius 3 is 2.69 bits per heavy atom. The molecule has 1 saturated heterocycles. The van der Waals surface area contributed by atoms with Crippen molar-refractivity contribution in [2.24, 2.45) is 5.41 Å². The van der Waals surface area contributed by atoms with E-state index in [1.807, 2.05) is 12.1 Å². The van der Waals surface area contributed by atoms with Crippen LogP contribution in [-0.4, -0.2) is 60.6 Å². The van der Waals surface area contributed by atoms with Gasteiger partial charge in [0, 0.05) is 21.6 Å². The number of carbonyl (C=O) groups is 1. The summed E-state index contributed by atoms with van der Waals surface area (Å²) in [5, 5.41) is 16.7. The zero-order chi connectivity index (χ0) is 20.4. The highest BCUT2D eigenvalue weighted by Gasteiger charge is 2.33. The van der Waals surface area contributed by atoms with Crippen molar-refractivity contribution in [3.63, 3.8) is 0 Å². The minimum absolute atomic E-state index is 0.0905. The molecule has 11 heteroatoms. The van der Waals surface area contributed by atoms with Crippen LogP contribution in [0.1, 0.15) is 23.0 Å². The van der Waals surface area contributed by atoms with Gasteiger partial charge in [-0.05, 0) is 17.7 Å². The maximum atomic E-state index is 12.9. The Bertz CT molecular complexity index is 1020. The smallest absolute Gasteiger partial charge is 0.272 e. The van der Waals surface area contributed by atoms with Crippen LogP contribution in [0.25, 0.3) is 10.1 Å². The van der Waals surface area contributed by atoms with Gasteiger partial charge in [0.05, 0.1) is 34.0 Å². The fourth-order valence-corrected chi connectivity index (χ4v) is 4.11. The van der Waals surface area contributed by atoms with Crippen molar-refractivity contribution < 1.29 is 23.7 Å². The van der Waals surface area contributed by atoms with Gasteiger partial charge in [-0.3, -0.25) is 10.1 Å². The fraction of sp³-hybridized carbons (Fsp3) is 0.444. The number of nitrogens with zero attached hydrogens (tertiary/aromatic N) is 3. The molecule has 29 heavy (non-hydrogen) atoms. The molecule has 154 valence electrons. The van der Waals surface area contributed by atoms with E-state index in [9.17, 15) is 4.79 Å². The molecule has 0 aliphatic carbocycles. The van der Waals surface area contributed by atoms with Crippen LogP contribution in [0.3, 0.4) is 0 Å². The van der Waals surface area contributed by atoms with E-state index in [0.717, 1.165) is 29.7 Å². The second kappa shape index (κ2) is 7.84. The summed E-state index contributed by atoms with van der Waals surface area (Å²) in [6, 6.07) is 3.65. The van der Waals surface area contributed by atoms with Crippen LogP contribution in [0, 0.1) is 5.41 Å². The van der Waals surface area contributed by atoms with Gasteiger partial charge in [0.15, 0.2) is 17.2 Å². The molecule has 0 atom stereocenters. The van der Waals surface area contributed by atoms with Gasteiger partial charge in [-0.25, -0.2) is 0 Å². The fourth-order valence-electron chi connectivity index (χ4n) is 3.06. The average Bonchev–Trinajstić information content (AvgIpc) is 3.33. The van der Waals surface area contributed by atoms with Crippen molar-refractivity contribution in [2.45, 2.75) is 13.3 Å². The van der Waals surface area contributed by atoms with Gasteiger partial charge in [-0.2, -0.15) is 5.21 Å². The molecule has 3 heterocycles. The summed E-state index contributed by atoms with van der Waals surface area (Å²) < 4.78 is 23.0. The predicted octanol–water partition coefficient (Wildman–Crippen LogP) is 2.49. The first-order valence-electron chi connectivity index (χ1n) is 8.97. The van der Waals surface area contributed by atoms with Crippen molar-refractivity contribution in [2.75, 3.05) is 39.4 Å². The summed E-state index contributed by atoms with van der Waals surface area (Å²) >= 11 is 1.30. The molecule has 0 bridgehead atoms. The lowest BCUT2D eigenvalue weighted by Gasteiger charge is -2.37. The number of aromatic nitrogens is 4. The van der Waals surface area contributed by atoms with Gasteiger partial charge in [-0.15, -0.1) is 16.4 Å². The highest BCUT2D eigenvalue weighted by molar-refractivity contribution is 7.21. The molecule has 1 fully saturated rings. The third kappa shape index (κ3) is 3.83. The number of hydrogen-bond donors (Lipinski definition) is 2. The third-order valence-corrected chi connectivity index (χ3v) is 5.91. The molecule has 1 aromatic carbocycles. The molecule has 10 nitrogen and oxygen atoms in total. The van der Waals surface area contributed by atoms with E-state index < -0.39 is 0 Å². The number of methoxy groups -OCH3 is 2. The number of thiophene rings is 1. The lowest BCUT2D eigenvalue weighted by Crippen LogP contribution is -2.40. The molecule has 3 aromatic rings. The number of fused-ring (bicyclic) bond motifs is 1. The van der Waals surface area contributed by atoms with E-state index in [-0.39, 0.29) is 17.3 Å². The molecule has 2 aromatic heterocycles. The summed E-state index contributed by atoms with van der Waals surface area (Å²) in [7, 11) is 3.14. The first-order valence-corrected chi connectivity index (χ1v) is 9.78. The number of H-pyrrole nitrogens is 1. The molecule has 0 unspecified atom stereocenters. The largest absolute Gasteiger partial charge is 0.493 e. The third-order valence-electron chi connectivity index (χ3n) is 4.78. The van der Waals surface area contributed by atoms with E-state index >= 15 is 0 Å². The van der Waals surface area contributed by atoms with Crippen molar-refractivity contribution in [1.29, 1.82) is 0 Å². The second-order valence-corrected chi connectivity index (χ2v) is 8.11. The maximum Gasteiger partial charge on any atom is 0.272 e. The van der Waals surface area contributed by atoms with Crippen LogP contribution in [0.5, 0.6) is 17.2 Å².